The third-order valence-corrected chi connectivity index (χ3v) is 3.58. The number of hydrogen-bond donors (Lipinski definition) is 0. The molecule has 0 aliphatic rings. The largest absolute Gasteiger partial charge is 0.494 e. The lowest BCUT2D eigenvalue weighted by Gasteiger charge is -2.05. The molecule has 0 saturated heterocycles. The molecule has 1 aromatic carbocycles. The first-order valence-electron chi connectivity index (χ1n) is 8.91. The maximum absolute atomic E-state index is 5.73. The van der Waals surface area contributed by atoms with Gasteiger partial charge in [0.1, 0.15) is 5.75 Å². The maximum atomic E-state index is 5.73. The zero-order valence-corrected chi connectivity index (χ0v) is 14.4. The lowest BCUT2D eigenvalue weighted by Crippen LogP contribution is -1.96. The van der Waals surface area contributed by atoms with E-state index in [0.29, 0.717) is 0 Å². The van der Waals surface area contributed by atoms with Crippen LogP contribution in [-0.2, 0) is 0 Å². The minimum Gasteiger partial charge on any atom is -0.494 e. The van der Waals surface area contributed by atoms with Gasteiger partial charge in [0.25, 0.3) is 0 Å². The molecular weight excluding hydrogens is 268 g/mol. The molecule has 0 aromatic heterocycles. The topological polar surface area (TPSA) is 9.23 Å². The summed E-state index contributed by atoms with van der Waals surface area (Å²) in [5, 5.41) is 0. The Labute approximate surface area is 137 Å². The Morgan fingerprint density at radius 3 is 2.45 bits per heavy atom. The van der Waals surface area contributed by atoms with Gasteiger partial charge in [-0.1, -0.05) is 69.5 Å². The smallest absolute Gasteiger partial charge is 0.119 e. The SMILES string of the molecule is CCCCC/C=C/CCC=Cc1cccc(OCCCC)c1. The highest BCUT2D eigenvalue weighted by Crippen LogP contribution is 2.15. The van der Waals surface area contributed by atoms with Crippen molar-refractivity contribution in [1.29, 1.82) is 0 Å². The van der Waals surface area contributed by atoms with Crippen LogP contribution in [0.25, 0.3) is 6.08 Å². The number of unbranched alkanes of at least 4 members (excludes halogenated alkanes) is 5. The lowest BCUT2D eigenvalue weighted by molar-refractivity contribution is 0.309. The molecule has 0 bridgehead atoms. The van der Waals surface area contributed by atoms with Crippen LogP contribution < -0.4 is 4.74 Å². The third kappa shape index (κ3) is 9.44. The molecule has 0 aliphatic heterocycles. The van der Waals surface area contributed by atoms with Crippen LogP contribution in [0, 0.1) is 0 Å². The fraction of sp³-hybridized carbons (Fsp3) is 0.524. The van der Waals surface area contributed by atoms with Crippen LogP contribution >= 0.6 is 0 Å². The second kappa shape index (κ2) is 13.2. The summed E-state index contributed by atoms with van der Waals surface area (Å²) in [6.07, 6.45) is 18.8. The molecular formula is C21H32O. The van der Waals surface area contributed by atoms with Crippen molar-refractivity contribution < 1.29 is 4.74 Å². The maximum Gasteiger partial charge on any atom is 0.119 e. The van der Waals surface area contributed by atoms with Crippen molar-refractivity contribution in [3.05, 3.63) is 48.1 Å². The molecule has 22 heavy (non-hydrogen) atoms. The van der Waals surface area contributed by atoms with E-state index in [-0.39, 0.29) is 0 Å². The number of hydrogen-bond acceptors (Lipinski definition) is 1. The normalized spacial score (nSPS) is 11.5. The van der Waals surface area contributed by atoms with Crippen LogP contribution in [0.1, 0.15) is 70.8 Å². The van der Waals surface area contributed by atoms with Gasteiger partial charge in [-0.05, 0) is 49.8 Å². The van der Waals surface area contributed by atoms with Crippen molar-refractivity contribution >= 4 is 6.08 Å². The number of rotatable bonds is 12. The van der Waals surface area contributed by atoms with Crippen LogP contribution in [0.15, 0.2) is 42.5 Å². The van der Waals surface area contributed by atoms with Gasteiger partial charge in [0, 0.05) is 0 Å². The molecule has 0 fully saturated rings. The standard InChI is InChI=1S/C21H32O/c1-3-5-7-8-9-10-11-12-13-15-20-16-14-17-21(19-20)22-18-6-4-2/h9-10,13-17,19H,3-8,11-12,18H2,1-2H3/b10-9+,15-13?. The number of benzene rings is 1. The van der Waals surface area contributed by atoms with E-state index in [1.54, 1.807) is 0 Å². The average molecular weight is 300 g/mol. The predicted octanol–water partition coefficient (Wildman–Crippen LogP) is 6.80. The Bertz CT molecular complexity index is 431. The first-order chi connectivity index (χ1) is 10.9. The van der Waals surface area contributed by atoms with Gasteiger partial charge < -0.3 is 4.74 Å². The average Bonchev–Trinajstić information content (AvgIpc) is 2.54. The fourth-order valence-corrected chi connectivity index (χ4v) is 2.20. The molecule has 0 atom stereocenters. The Hall–Kier alpha value is -1.50. The summed E-state index contributed by atoms with van der Waals surface area (Å²) in [6, 6.07) is 8.34. The highest BCUT2D eigenvalue weighted by Gasteiger charge is 1.94. The molecule has 122 valence electrons. The zero-order valence-electron chi connectivity index (χ0n) is 14.4. The van der Waals surface area contributed by atoms with E-state index in [2.05, 4.69) is 56.4 Å². The van der Waals surface area contributed by atoms with Crippen LogP contribution in [-0.4, -0.2) is 6.61 Å². The molecule has 1 nitrogen and oxygen atoms in total. The van der Waals surface area contributed by atoms with Crippen LogP contribution in [0.4, 0.5) is 0 Å². The van der Waals surface area contributed by atoms with Gasteiger partial charge in [0.05, 0.1) is 6.61 Å². The fourth-order valence-electron chi connectivity index (χ4n) is 2.20. The summed E-state index contributed by atoms with van der Waals surface area (Å²) in [4.78, 5) is 0. The first kappa shape index (κ1) is 18.5. The van der Waals surface area contributed by atoms with Crippen molar-refractivity contribution in [2.24, 2.45) is 0 Å². The van der Waals surface area contributed by atoms with E-state index in [9.17, 15) is 0 Å². The van der Waals surface area contributed by atoms with Gasteiger partial charge in [-0.25, -0.2) is 0 Å². The quantitative estimate of drug-likeness (QED) is 0.305. The molecule has 1 heteroatoms. The van der Waals surface area contributed by atoms with Crippen LogP contribution in [0.2, 0.25) is 0 Å². The minimum atomic E-state index is 0.812. The van der Waals surface area contributed by atoms with Gasteiger partial charge in [0.15, 0.2) is 0 Å². The van der Waals surface area contributed by atoms with Gasteiger partial charge >= 0.3 is 0 Å². The first-order valence-corrected chi connectivity index (χ1v) is 8.91. The van der Waals surface area contributed by atoms with E-state index in [0.717, 1.165) is 31.6 Å². The number of ether oxygens (including phenoxy) is 1. The molecule has 0 unspecified atom stereocenters. The third-order valence-electron chi connectivity index (χ3n) is 3.58. The molecule has 1 rings (SSSR count). The monoisotopic (exact) mass is 300 g/mol. The molecule has 1 aromatic rings. The summed E-state index contributed by atoms with van der Waals surface area (Å²) in [5.74, 6) is 0.978. The number of allylic oxidation sites excluding steroid dienone is 3. The predicted molar refractivity (Wildman–Crippen MR) is 98.4 cm³/mol. The van der Waals surface area contributed by atoms with Crippen molar-refractivity contribution in [1.82, 2.24) is 0 Å². The van der Waals surface area contributed by atoms with Crippen molar-refractivity contribution in [3.63, 3.8) is 0 Å². The summed E-state index contributed by atoms with van der Waals surface area (Å²) < 4.78 is 5.73. The molecule has 0 saturated carbocycles. The van der Waals surface area contributed by atoms with Gasteiger partial charge in [0.2, 0.25) is 0 Å². The second-order valence-electron chi connectivity index (χ2n) is 5.72. The summed E-state index contributed by atoms with van der Waals surface area (Å²) in [5.41, 5.74) is 1.22. The Morgan fingerprint density at radius 2 is 1.64 bits per heavy atom. The molecule has 0 N–H and O–H groups in total. The summed E-state index contributed by atoms with van der Waals surface area (Å²) in [6.45, 7) is 5.24. The molecule has 0 heterocycles. The summed E-state index contributed by atoms with van der Waals surface area (Å²) >= 11 is 0. The second-order valence-corrected chi connectivity index (χ2v) is 5.72. The minimum absolute atomic E-state index is 0.812. The molecule has 0 amide bonds. The van der Waals surface area contributed by atoms with Gasteiger partial charge in [-0.2, -0.15) is 0 Å². The Morgan fingerprint density at radius 1 is 0.864 bits per heavy atom. The van der Waals surface area contributed by atoms with Gasteiger partial charge in [-0.15, -0.1) is 0 Å². The highest BCUT2D eigenvalue weighted by molar-refractivity contribution is 5.51. The molecule has 0 aliphatic carbocycles. The lowest BCUT2D eigenvalue weighted by atomic mass is 10.1. The van der Waals surface area contributed by atoms with Crippen molar-refractivity contribution in [2.45, 2.75) is 65.2 Å². The van der Waals surface area contributed by atoms with E-state index in [1.807, 2.05) is 6.07 Å². The molecule has 0 spiro atoms. The van der Waals surface area contributed by atoms with E-state index in [1.165, 1.54) is 37.7 Å². The summed E-state index contributed by atoms with van der Waals surface area (Å²) in [7, 11) is 0. The molecule has 0 radical (unpaired) electrons. The van der Waals surface area contributed by atoms with Crippen LogP contribution in [0.5, 0.6) is 5.75 Å². The van der Waals surface area contributed by atoms with E-state index >= 15 is 0 Å². The van der Waals surface area contributed by atoms with E-state index in [4.69, 9.17) is 4.74 Å². The van der Waals surface area contributed by atoms with Crippen LogP contribution in [0.3, 0.4) is 0 Å². The van der Waals surface area contributed by atoms with Gasteiger partial charge in [-0.3, -0.25) is 0 Å². The van der Waals surface area contributed by atoms with Crippen molar-refractivity contribution in [3.8, 4) is 5.75 Å². The Balaban J connectivity index is 2.23. The van der Waals surface area contributed by atoms with Crippen molar-refractivity contribution in [2.75, 3.05) is 6.61 Å². The zero-order chi connectivity index (χ0) is 15.9. The highest BCUT2D eigenvalue weighted by atomic mass is 16.5. The Kier molecular flexibility index (Phi) is 11.1. The van der Waals surface area contributed by atoms with E-state index < -0.39 is 0 Å².